The molecule has 29 heavy (non-hydrogen) atoms. The molecule has 1 aromatic carbocycles. The summed E-state index contributed by atoms with van der Waals surface area (Å²) in [5.74, 6) is -0.507. The Kier molecular flexibility index (Phi) is 6.92. The minimum atomic E-state index is -3.60. The van der Waals surface area contributed by atoms with E-state index < -0.39 is 22.1 Å². The molecule has 1 atom stereocenters. The molecule has 0 bridgehead atoms. The summed E-state index contributed by atoms with van der Waals surface area (Å²) in [7, 11) is -3.60. The van der Waals surface area contributed by atoms with Crippen molar-refractivity contribution in [3.05, 3.63) is 29.8 Å². The lowest BCUT2D eigenvalue weighted by Gasteiger charge is -2.34. The fourth-order valence-electron chi connectivity index (χ4n) is 3.43. The van der Waals surface area contributed by atoms with Crippen molar-refractivity contribution in [1.29, 1.82) is 0 Å². The van der Waals surface area contributed by atoms with E-state index in [4.69, 9.17) is 9.47 Å². The van der Waals surface area contributed by atoms with Gasteiger partial charge in [-0.25, -0.2) is 13.2 Å². The monoisotopic (exact) mass is 424 g/mol. The maximum absolute atomic E-state index is 12.8. The normalized spacial score (nSPS) is 20.8. The van der Waals surface area contributed by atoms with Gasteiger partial charge in [0, 0.05) is 32.8 Å². The van der Waals surface area contributed by atoms with E-state index >= 15 is 0 Å². The van der Waals surface area contributed by atoms with E-state index in [-0.39, 0.29) is 43.6 Å². The maximum atomic E-state index is 12.8. The third-order valence-corrected chi connectivity index (χ3v) is 7.22. The predicted octanol–water partition coefficient (Wildman–Crippen LogP) is 1.37. The van der Waals surface area contributed by atoms with Crippen LogP contribution in [0.5, 0.6) is 0 Å². The van der Waals surface area contributed by atoms with Gasteiger partial charge in [0.05, 0.1) is 4.90 Å². The largest absolute Gasteiger partial charge is 0.454 e. The molecule has 2 saturated heterocycles. The van der Waals surface area contributed by atoms with Gasteiger partial charge < -0.3 is 14.4 Å². The van der Waals surface area contributed by atoms with Crippen LogP contribution in [0.25, 0.3) is 0 Å². The van der Waals surface area contributed by atoms with Gasteiger partial charge in [-0.1, -0.05) is 26.0 Å². The number of hydrogen-bond donors (Lipinski definition) is 0. The van der Waals surface area contributed by atoms with Crippen molar-refractivity contribution in [1.82, 2.24) is 9.21 Å². The summed E-state index contributed by atoms with van der Waals surface area (Å²) in [6.07, 6.45) is 0.846. The van der Waals surface area contributed by atoms with Crippen molar-refractivity contribution in [2.75, 3.05) is 39.4 Å². The molecule has 0 saturated carbocycles. The molecule has 0 aromatic heterocycles. The fourth-order valence-corrected chi connectivity index (χ4v) is 4.85. The van der Waals surface area contributed by atoms with E-state index in [2.05, 4.69) is 13.8 Å². The second kappa shape index (κ2) is 9.23. The van der Waals surface area contributed by atoms with E-state index in [9.17, 15) is 18.0 Å². The molecule has 2 fully saturated rings. The summed E-state index contributed by atoms with van der Waals surface area (Å²) in [6.45, 7) is 5.24. The van der Waals surface area contributed by atoms with Crippen LogP contribution in [0.1, 0.15) is 38.2 Å². The standard InChI is InChI=1S/C20H28N2O6S/c1-15(2)16-5-7-17(8-6-16)29(25,26)22-11-9-21(10-12-22)19(23)14-28-20(24)18-4-3-13-27-18/h5-8,15,18H,3-4,9-14H2,1-2H3/t18-/m0/s1. The van der Waals surface area contributed by atoms with Crippen LogP contribution in [-0.2, 0) is 29.1 Å². The van der Waals surface area contributed by atoms with Gasteiger partial charge in [-0.15, -0.1) is 0 Å². The van der Waals surface area contributed by atoms with Crippen LogP contribution < -0.4 is 0 Å². The topological polar surface area (TPSA) is 93.2 Å². The number of sulfonamides is 1. The molecule has 3 rings (SSSR count). The number of carbonyl (C=O) groups excluding carboxylic acids is 2. The minimum absolute atomic E-state index is 0.208. The molecule has 8 nitrogen and oxygen atoms in total. The third-order valence-electron chi connectivity index (χ3n) is 5.31. The fraction of sp³-hybridized carbons (Fsp3) is 0.600. The number of hydrogen-bond acceptors (Lipinski definition) is 6. The molecule has 2 heterocycles. The highest BCUT2D eigenvalue weighted by atomic mass is 32.2. The molecule has 160 valence electrons. The number of nitrogens with zero attached hydrogens (tertiary/aromatic N) is 2. The Labute approximate surface area is 171 Å². The van der Waals surface area contributed by atoms with Crippen molar-refractivity contribution in [3.8, 4) is 0 Å². The van der Waals surface area contributed by atoms with Crippen LogP contribution >= 0.6 is 0 Å². The van der Waals surface area contributed by atoms with Crippen LogP contribution in [0, 0.1) is 0 Å². The van der Waals surface area contributed by atoms with E-state index in [0.29, 0.717) is 18.9 Å². The molecule has 0 spiro atoms. The Morgan fingerprint density at radius 2 is 1.79 bits per heavy atom. The van der Waals surface area contributed by atoms with E-state index in [0.717, 1.165) is 12.0 Å². The van der Waals surface area contributed by atoms with Crippen molar-refractivity contribution >= 4 is 21.9 Å². The highest BCUT2D eigenvalue weighted by molar-refractivity contribution is 7.89. The summed E-state index contributed by atoms with van der Waals surface area (Å²) in [6, 6.07) is 6.93. The van der Waals surface area contributed by atoms with Gasteiger partial charge >= 0.3 is 5.97 Å². The number of piperazine rings is 1. The Hall–Kier alpha value is -1.97. The van der Waals surface area contributed by atoms with Gasteiger partial charge in [0.1, 0.15) is 0 Å². The lowest BCUT2D eigenvalue weighted by Crippen LogP contribution is -2.51. The van der Waals surface area contributed by atoms with Crippen molar-refractivity contribution in [2.45, 2.75) is 43.6 Å². The number of ether oxygens (including phenoxy) is 2. The molecule has 1 aromatic rings. The number of amides is 1. The Balaban J connectivity index is 1.51. The molecular weight excluding hydrogens is 396 g/mol. The predicted molar refractivity (Wildman–Crippen MR) is 106 cm³/mol. The zero-order chi connectivity index (χ0) is 21.0. The quantitative estimate of drug-likeness (QED) is 0.641. The smallest absolute Gasteiger partial charge is 0.335 e. The number of rotatable bonds is 6. The van der Waals surface area contributed by atoms with Crippen molar-refractivity contribution < 1.29 is 27.5 Å². The number of carbonyl (C=O) groups is 2. The summed E-state index contributed by atoms with van der Waals surface area (Å²) >= 11 is 0. The minimum Gasteiger partial charge on any atom is -0.454 e. The first-order chi connectivity index (χ1) is 13.8. The van der Waals surface area contributed by atoms with Gasteiger partial charge in [-0.2, -0.15) is 4.31 Å². The van der Waals surface area contributed by atoms with Crippen LogP contribution in [-0.4, -0.2) is 75.0 Å². The number of benzene rings is 1. The molecule has 1 amide bonds. The SMILES string of the molecule is CC(C)c1ccc(S(=O)(=O)N2CCN(C(=O)COC(=O)[C@@H]3CCCO3)CC2)cc1. The number of esters is 1. The summed E-state index contributed by atoms with van der Waals surface area (Å²) in [5, 5.41) is 0. The Bertz CT molecular complexity index is 823. The first kappa shape index (κ1) is 21.7. The van der Waals surface area contributed by atoms with Crippen molar-refractivity contribution in [2.24, 2.45) is 0 Å². The first-order valence-corrected chi connectivity index (χ1v) is 11.4. The molecular formula is C20H28N2O6S. The van der Waals surface area contributed by atoms with Gasteiger partial charge in [-0.3, -0.25) is 4.79 Å². The zero-order valence-electron chi connectivity index (χ0n) is 16.9. The summed E-state index contributed by atoms with van der Waals surface area (Å²) in [4.78, 5) is 25.9. The second-order valence-electron chi connectivity index (χ2n) is 7.62. The molecule has 9 heteroatoms. The molecule has 0 N–H and O–H groups in total. The zero-order valence-corrected chi connectivity index (χ0v) is 17.7. The summed E-state index contributed by atoms with van der Waals surface area (Å²) < 4.78 is 37.4. The lowest BCUT2D eigenvalue weighted by atomic mass is 10.0. The second-order valence-corrected chi connectivity index (χ2v) is 9.56. The van der Waals surface area contributed by atoms with Crippen molar-refractivity contribution in [3.63, 3.8) is 0 Å². The van der Waals surface area contributed by atoms with E-state index in [1.807, 2.05) is 12.1 Å². The van der Waals surface area contributed by atoms with Crippen LogP contribution in [0.3, 0.4) is 0 Å². The van der Waals surface area contributed by atoms with Crippen LogP contribution in [0.4, 0.5) is 0 Å². The Morgan fingerprint density at radius 1 is 1.14 bits per heavy atom. The average molecular weight is 425 g/mol. The lowest BCUT2D eigenvalue weighted by molar-refractivity contribution is -0.160. The van der Waals surface area contributed by atoms with Gasteiger partial charge in [0.15, 0.2) is 12.7 Å². The summed E-state index contributed by atoms with van der Waals surface area (Å²) in [5.41, 5.74) is 1.08. The van der Waals surface area contributed by atoms with Crippen LogP contribution in [0.15, 0.2) is 29.2 Å². The van der Waals surface area contributed by atoms with Gasteiger partial charge in [0.25, 0.3) is 5.91 Å². The average Bonchev–Trinajstić information content (AvgIpc) is 3.27. The highest BCUT2D eigenvalue weighted by Gasteiger charge is 2.31. The molecule has 2 aliphatic rings. The molecule has 2 aliphatic heterocycles. The molecule has 0 radical (unpaired) electrons. The highest BCUT2D eigenvalue weighted by Crippen LogP contribution is 2.21. The van der Waals surface area contributed by atoms with Gasteiger partial charge in [0.2, 0.25) is 10.0 Å². The molecule has 0 aliphatic carbocycles. The molecule has 0 unspecified atom stereocenters. The Morgan fingerprint density at radius 3 is 2.34 bits per heavy atom. The maximum Gasteiger partial charge on any atom is 0.335 e. The van der Waals surface area contributed by atoms with Crippen LogP contribution in [0.2, 0.25) is 0 Å². The van der Waals surface area contributed by atoms with E-state index in [1.54, 1.807) is 12.1 Å². The van der Waals surface area contributed by atoms with Gasteiger partial charge in [-0.05, 0) is 36.5 Å². The third kappa shape index (κ3) is 5.15. The van der Waals surface area contributed by atoms with E-state index in [1.165, 1.54) is 9.21 Å². The first-order valence-electron chi connectivity index (χ1n) is 9.95.